The number of hydrogen-bond donors (Lipinski definition) is 2. The lowest BCUT2D eigenvalue weighted by molar-refractivity contribution is 0.0702. The average molecular weight is 214 g/mol. The second kappa shape index (κ2) is 4.04. The van der Waals surface area contributed by atoms with Gasteiger partial charge in [0.2, 0.25) is 0 Å². The zero-order chi connectivity index (χ0) is 9.97. The number of rotatable bonds is 2. The van der Waals surface area contributed by atoms with Crippen molar-refractivity contribution in [3.05, 3.63) is 16.1 Å². The Morgan fingerprint density at radius 1 is 1.79 bits per heavy atom. The molecule has 2 rings (SSSR count). The molecule has 0 aliphatic carbocycles. The molecule has 76 valence electrons. The van der Waals surface area contributed by atoms with Gasteiger partial charge < -0.3 is 15.2 Å². The van der Waals surface area contributed by atoms with Crippen LogP contribution in [0, 0.1) is 0 Å². The highest BCUT2D eigenvalue weighted by molar-refractivity contribution is 7.13. The lowest BCUT2D eigenvalue weighted by Crippen LogP contribution is -2.34. The minimum absolute atomic E-state index is 0.0434. The molecular formula is C8H10N2O3S. The molecule has 1 aromatic heterocycles. The van der Waals surface area contributed by atoms with E-state index in [1.807, 2.05) is 0 Å². The maximum atomic E-state index is 10.6. The summed E-state index contributed by atoms with van der Waals surface area (Å²) in [6.07, 6.45) is 1.39. The van der Waals surface area contributed by atoms with E-state index in [1.165, 1.54) is 17.5 Å². The molecule has 0 spiro atoms. The number of morpholine rings is 1. The molecule has 14 heavy (non-hydrogen) atoms. The zero-order valence-electron chi connectivity index (χ0n) is 7.40. The van der Waals surface area contributed by atoms with Gasteiger partial charge in [-0.1, -0.05) is 0 Å². The SMILES string of the molecule is O=C(O)c1cnc(C2COCCN2)s1. The van der Waals surface area contributed by atoms with Gasteiger partial charge in [0.05, 0.1) is 25.5 Å². The van der Waals surface area contributed by atoms with Crippen LogP contribution in [0.15, 0.2) is 6.20 Å². The summed E-state index contributed by atoms with van der Waals surface area (Å²) in [6, 6.07) is 0.0434. The smallest absolute Gasteiger partial charge is 0.347 e. The Kier molecular flexibility index (Phi) is 2.76. The fourth-order valence-electron chi connectivity index (χ4n) is 1.27. The van der Waals surface area contributed by atoms with Crippen molar-refractivity contribution in [2.45, 2.75) is 6.04 Å². The highest BCUT2D eigenvalue weighted by Crippen LogP contribution is 2.21. The molecule has 1 aliphatic heterocycles. The lowest BCUT2D eigenvalue weighted by Gasteiger charge is -2.21. The Morgan fingerprint density at radius 2 is 2.64 bits per heavy atom. The molecule has 1 fully saturated rings. The first-order valence-electron chi connectivity index (χ1n) is 4.27. The third kappa shape index (κ3) is 1.92. The van der Waals surface area contributed by atoms with Gasteiger partial charge in [-0.3, -0.25) is 0 Å². The third-order valence-corrected chi connectivity index (χ3v) is 3.05. The van der Waals surface area contributed by atoms with Crippen LogP contribution in [0.2, 0.25) is 0 Å². The van der Waals surface area contributed by atoms with E-state index in [1.54, 1.807) is 0 Å². The molecule has 1 aromatic rings. The van der Waals surface area contributed by atoms with E-state index in [9.17, 15) is 4.79 Å². The van der Waals surface area contributed by atoms with Gasteiger partial charge in [-0.25, -0.2) is 9.78 Å². The van der Waals surface area contributed by atoms with Gasteiger partial charge in [0.1, 0.15) is 9.88 Å². The molecule has 0 saturated carbocycles. The van der Waals surface area contributed by atoms with E-state index in [-0.39, 0.29) is 10.9 Å². The molecule has 1 aliphatic rings. The molecule has 6 heteroatoms. The van der Waals surface area contributed by atoms with Crippen LogP contribution in [0.25, 0.3) is 0 Å². The number of aromatic carboxylic acids is 1. The third-order valence-electron chi connectivity index (χ3n) is 1.95. The van der Waals surface area contributed by atoms with E-state index in [2.05, 4.69) is 10.3 Å². The standard InChI is InChI=1S/C8H10N2O3S/c11-8(12)6-3-10-7(14-6)5-4-13-2-1-9-5/h3,5,9H,1-2,4H2,(H,11,12). The van der Waals surface area contributed by atoms with E-state index in [4.69, 9.17) is 9.84 Å². The molecule has 1 saturated heterocycles. The Morgan fingerprint density at radius 3 is 3.21 bits per heavy atom. The highest BCUT2D eigenvalue weighted by atomic mass is 32.1. The number of hydrogen-bond acceptors (Lipinski definition) is 5. The van der Waals surface area contributed by atoms with Crippen molar-refractivity contribution in [1.82, 2.24) is 10.3 Å². The number of nitrogens with zero attached hydrogens (tertiary/aromatic N) is 1. The van der Waals surface area contributed by atoms with E-state index >= 15 is 0 Å². The first-order valence-corrected chi connectivity index (χ1v) is 5.09. The molecule has 0 radical (unpaired) electrons. The Bertz CT molecular complexity index is 333. The molecule has 2 N–H and O–H groups in total. The van der Waals surface area contributed by atoms with Crippen LogP contribution in [0.4, 0.5) is 0 Å². The zero-order valence-corrected chi connectivity index (χ0v) is 8.21. The molecule has 2 heterocycles. The van der Waals surface area contributed by atoms with Crippen molar-refractivity contribution in [2.75, 3.05) is 19.8 Å². The van der Waals surface area contributed by atoms with Crippen LogP contribution in [-0.2, 0) is 4.74 Å². The minimum Gasteiger partial charge on any atom is -0.477 e. The number of aromatic nitrogens is 1. The fourth-order valence-corrected chi connectivity index (χ4v) is 2.09. The molecule has 1 atom stereocenters. The number of ether oxygens (including phenoxy) is 1. The first kappa shape index (κ1) is 9.57. The van der Waals surface area contributed by atoms with Gasteiger partial charge >= 0.3 is 5.97 Å². The van der Waals surface area contributed by atoms with Crippen LogP contribution >= 0.6 is 11.3 Å². The van der Waals surface area contributed by atoms with Crippen LogP contribution in [0.5, 0.6) is 0 Å². The van der Waals surface area contributed by atoms with Crippen LogP contribution in [0.3, 0.4) is 0 Å². The minimum atomic E-state index is -0.925. The van der Waals surface area contributed by atoms with Crippen molar-refractivity contribution in [3.8, 4) is 0 Å². The monoisotopic (exact) mass is 214 g/mol. The van der Waals surface area contributed by atoms with Crippen molar-refractivity contribution in [2.24, 2.45) is 0 Å². The molecule has 0 aromatic carbocycles. The molecular weight excluding hydrogens is 204 g/mol. The second-order valence-corrected chi connectivity index (χ2v) is 4.01. The van der Waals surface area contributed by atoms with E-state index < -0.39 is 5.97 Å². The summed E-state index contributed by atoms with van der Waals surface area (Å²) in [5.74, 6) is -0.925. The average Bonchev–Trinajstić information content (AvgIpc) is 2.68. The van der Waals surface area contributed by atoms with Gasteiger partial charge in [-0.15, -0.1) is 11.3 Å². The Hall–Kier alpha value is -0.980. The van der Waals surface area contributed by atoms with Gasteiger partial charge in [-0.05, 0) is 0 Å². The number of carboxylic acids is 1. The topological polar surface area (TPSA) is 71.5 Å². The van der Waals surface area contributed by atoms with Crippen LogP contribution in [-0.4, -0.2) is 35.8 Å². The van der Waals surface area contributed by atoms with Gasteiger partial charge in [-0.2, -0.15) is 0 Å². The summed E-state index contributed by atoms with van der Waals surface area (Å²) in [5, 5.41) is 12.7. The van der Waals surface area contributed by atoms with Crippen LogP contribution < -0.4 is 5.32 Å². The summed E-state index contributed by atoms with van der Waals surface area (Å²) in [4.78, 5) is 14.9. The van der Waals surface area contributed by atoms with Crippen molar-refractivity contribution >= 4 is 17.3 Å². The van der Waals surface area contributed by atoms with E-state index in [0.717, 1.165) is 11.6 Å². The molecule has 0 bridgehead atoms. The number of carbonyl (C=O) groups is 1. The van der Waals surface area contributed by atoms with Gasteiger partial charge in [0, 0.05) is 6.54 Å². The quantitative estimate of drug-likeness (QED) is 0.750. The van der Waals surface area contributed by atoms with Gasteiger partial charge in [0.25, 0.3) is 0 Å². The number of nitrogens with one attached hydrogen (secondary N) is 1. The fraction of sp³-hybridized carbons (Fsp3) is 0.500. The van der Waals surface area contributed by atoms with Gasteiger partial charge in [0.15, 0.2) is 0 Å². The van der Waals surface area contributed by atoms with Crippen molar-refractivity contribution in [1.29, 1.82) is 0 Å². The van der Waals surface area contributed by atoms with Crippen molar-refractivity contribution in [3.63, 3.8) is 0 Å². The summed E-state index contributed by atoms with van der Waals surface area (Å²) in [7, 11) is 0. The highest BCUT2D eigenvalue weighted by Gasteiger charge is 2.19. The van der Waals surface area contributed by atoms with Crippen molar-refractivity contribution < 1.29 is 14.6 Å². The number of carboxylic acid groups (broad SMARTS) is 1. The first-order chi connectivity index (χ1) is 6.77. The molecule has 0 amide bonds. The largest absolute Gasteiger partial charge is 0.477 e. The summed E-state index contributed by atoms with van der Waals surface area (Å²) in [5.41, 5.74) is 0. The van der Waals surface area contributed by atoms with E-state index in [0.29, 0.717) is 13.2 Å². The summed E-state index contributed by atoms with van der Waals surface area (Å²) >= 11 is 1.19. The normalized spacial score (nSPS) is 22.1. The Balaban J connectivity index is 2.11. The second-order valence-electron chi connectivity index (χ2n) is 2.95. The maximum absolute atomic E-state index is 10.6. The molecule has 1 unspecified atom stereocenters. The maximum Gasteiger partial charge on any atom is 0.347 e. The lowest BCUT2D eigenvalue weighted by atomic mass is 10.3. The van der Waals surface area contributed by atoms with Crippen LogP contribution in [0.1, 0.15) is 20.7 Å². The molecule has 5 nitrogen and oxygen atoms in total. The predicted molar refractivity (Wildman–Crippen MR) is 50.6 cm³/mol. The predicted octanol–water partition coefficient (Wildman–Crippen LogP) is 0.502. The number of thiazole rings is 1. The summed E-state index contributed by atoms with van der Waals surface area (Å²) < 4.78 is 5.26. The Labute approximate surface area is 84.7 Å². The summed E-state index contributed by atoms with van der Waals surface area (Å²) in [6.45, 7) is 2.05.